The van der Waals surface area contributed by atoms with Crippen LogP contribution in [0.2, 0.25) is 0 Å². The van der Waals surface area contributed by atoms with Gasteiger partial charge >= 0.3 is 11.9 Å². The number of carboxylic acid groups (broad SMARTS) is 1. The molecule has 3 saturated carbocycles. The van der Waals surface area contributed by atoms with Gasteiger partial charge in [0.05, 0.1) is 57.1 Å². The molecule has 4 aliphatic carbocycles. The molecule has 0 spiro atoms. The summed E-state index contributed by atoms with van der Waals surface area (Å²) in [6, 6.07) is 0. The highest BCUT2D eigenvalue weighted by Crippen LogP contribution is 2.64. The highest BCUT2D eigenvalue weighted by molar-refractivity contribution is 5.97. The van der Waals surface area contributed by atoms with Crippen LogP contribution in [0.15, 0.2) is 11.6 Å². The minimum absolute atomic E-state index is 0.00985. The molecule has 10 nitrogen and oxygen atoms in total. The topological polar surface area (TPSA) is 160 Å². The Labute approximate surface area is 247 Å². The number of aliphatic carboxylic acids is 1. The first-order valence-corrected chi connectivity index (χ1v) is 15.7. The summed E-state index contributed by atoms with van der Waals surface area (Å²) < 4.78 is 18.4. The zero-order chi connectivity index (χ0) is 30.4. The van der Waals surface area contributed by atoms with E-state index in [1.165, 1.54) is 6.92 Å². The van der Waals surface area contributed by atoms with E-state index in [9.17, 15) is 34.8 Å². The molecule has 0 aromatic carbocycles. The van der Waals surface area contributed by atoms with Crippen LogP contribution < -0.4 is 0 Å². The Morgan fingerprint density at radius 3 is 2.43 bits per heavy atom. The summed E-state index contributed by atoms with van der Waals surface area (Å²) in [5, 5.41) is 39.9. The summed E-state index contributed by atoms with van der Waals surface area (Å²) in [5.74, 6) is -2.26. The van der Waals surface area contributed by atoms with Gasteiger partial charge in [0.25, 0.3) is 0 Å². The van der Waals surface area contributed by atoms with Gasteiger partial charge in [-0.2, -0.15) is 0 Å². The third-order valence-corrected chi connectivity index (χ3v) is 11.3. The minimum Gasteiger partial charge on any atom is -0.481 e. The number of hydrogen-bond donors (Lipinski definition) is 4. The number of fused-ring (bicyclic) bond motifs is 3. The Hall–Kier alpha value is -1.85. The zero-order valence-corrected chi connectivity index (χ0v) is 25.1. The third kappa shape index (κ3) is 5.36. The fourth-order valence-corrected chi connectivity index (χ4v) is 9.53. The highest BCUT2D eigenvalue weighted by Gasteiger charge is 2.64. The number of carbonyl (C=O) groups excluding carboxylic acids is 2. The number of carbonyl (C=O) groups is 3. The lowest BCUT2D eigenvalue weighted by Crippen LogP contribution is -2.64. The van der Waals surface area contributed by atoms with Gasteiger partial charge in [-0.25, -0.2) is 0 Å². The number of carboxylic acids is 1. The summed E-state index contributed by atoms with van der Waals surface area (Å²) in [6.45, 7) is 4.83. The summed E-state index contributed by atoms with van der Waals surface area (Å²) >= 11 is 0. The number of aliphatic hydroxyl groups is 3. The van der Waals surface area contributed by atoms with E-state index < -0.39 is 66.6 Å². The molecule has 1 heterocycles. The van der Waals surface area contributed by atoms with E-state index in [1.807, 2.05) is 0 Å². The van der Waals surface area contributed by atoms with Gasteiger partial charge in [-0.3, -0.25) is 14.4 Å². The second-order valence-corrected chi connectivity index (χ2v) is 14.3. The number of aliphatic hydroxyl groups excluding tert-OH is 3. The van der Waals surface area contributed by atoms with Crippen LogP contribution in [-0.4, -0.2) is 90.0 Å². The van der Waals surface area contributed by atoms with Crippen molar-refractivity contribution in [1.82, 2.24) is 0 Å². The number of allylic oxidation sites excluding steroid dienone is 1. The number of ketones is 1. The van der Waals surface area contributed by atoms with Gasteiger partial charge in [-0.15, -0.1) is 0 Å². The van der Waals surface area contributed by atoms with Crippen LogP contribution >= 0.6 is 0 Å². The summed E-state index contributed by atoms with van der Waals surface area (Å²) in [4.78, 5) is 38.8. The van der Waals surface area contributed by atoms with Crippen LogP contribution in [0, 0.1) is 58.2 Å². The summed E-state index contributed by atoms with van der Waals surface area (Å²) in [6.07, 6.45) is 5.09. The van der Waals surface area contributed by atoms with E-state index >= 15 is 0 Å². The van der Waals surface area contributed by atoms with Crippen molar-refractivity contribution >= 4 is 17.7 Å². The van der Waals surface area contributed by atoms with Crippen LogP contribution in [0.5, 0.6) is 0 Å². The van der Waals surface area contributed by atoms with Crippen LogP contribution in [-0.2, 0) is 28.6 Å². The van der Waals surface area contributed by atoms with E-state index in [4.69, 9.17) is 14.2 Å². The zero-order valence-electron chi connectivity index (χ0n) is 25.1. The quantitative estimate of drug-likeness (QED) is 0.277. The van der Waals surface area contributed by atoms with E-state index in [1.54, 1.807) is 6.08 Å². The molecule has 10 heteroatoms. The number of rotatable bonds is 10. The lowest BCUT2D eigenvalue weighted by atomic mass is 9.45. The molecule has 5 aliphatic rings. The predicted molar refractivity (Wildman–Crippen MR) is 150 cm³/mol. The van der Waals surface area contributed by atoms with E-state index in [-0.39, 0.29) is 42.0 Å². The summed E-state index contributed by atoms with van der Waals surface area (Å²) in [7, 11) is 0. The standard InChI is InChI=1S/C32H48O10/c1-17(2)8-19-4-5-21-20-6-7-23-22-11-40-16-32(23,24(20)9-25(37)28(21)27(19)30(38)39)10-26(42-18(3)36)29(22)41-15-31(12-33,13-34)14-35/h9,17,19-23,26-29,33-35H,4-8,10-16H2,1-3H3,(H,38,39)/t19?,20?,21?,22?,23?,26-,27?,28?,29-,32-/m1/s1. The van der Waals surface area contributed by atoms with Crippen molar-refractivity contribution in [3.8, 4) is 0 Å². The molecule has 1 aliphatic heterocycles. The Kier molecular flexibility index (Phi) is 9.22. The van der Waals surface area contributed by atoms with E-state index in [0.717, 1.165) is 37.7 Å². The highest BCUT2D eigenvalue weighted by atomic mass is 16.6. The van der Waals surface area contributed by atoms with Crippen LogP contribution in [0.3, 0.4) is 0 Å². The second kappa shape index (κ2) is 12.3. The van der Waals surface area contributed by atoms with Gasteiger partial charge in [-0.1, -0.05) is 19.4 Å². The summed E-state index contributed by atoms with van der Waals surface area (Å²) in [5.41, 5.74) is -0.723. The van der Waals surface area contributed by atoms with Crippen molar-refractivity contribution < 1.29 is 49.0 Å². The smallest absolute Gasteiger partial charge is 0.307 e. The predicted octanol–water partition coefficient (Wildman–Crippen LogP) is 2.23. The average Bonchev–Trinajstić information content (AvgIpc) is 2.94. The number of hydrogen-bond acceptors (Lipinski definition) is 9. The van der Waals surface area contributed by atoms with Crippen molar-refractivity contribution in [2.24, 2.45) is 58.2 Å². The molecular weight excluding hydrogens is 544 g/mol. The van der Waals surface area contributed by atoms with Crippen LogP contribution in [0.25, 0.3) is 0 Å². The normalized spacial score (nSPS) is 39.5. The van der Waals surface area contributed by atoms with Gasteiger partial charge in [0.2, 0.25) is 0 Å². The van der Waals surface area contributed by atoms with Crippen molar-refractivity contribution in [2.75, 3.05) is 39.6 Å². The molecule has 5 rings (SSSR count). The maximum atomic E-state index is 13.9. The van der Waals surface area contributed by atoms with Gasteiger partial charge in [0.15, 0.2) is 5.78 Å². The molecule has 0 amide bonds. The first kappa shape index (κ1) is 31.6. The molecular formula is C32H48O10. The third-order valence-electron chi connectivity index (χ3n) is 11.3. The van der Waals surface area contributed by atoms with Gasteiger partial charge < -0.3 is 34.6 Å². The molecule has 7 unspecified atom stereocenters. The molecule has 0 aromatic rings. The van der Waals surface area contributed by atoms with Crippen molar-refractivity contribution in [3.63, 3.8) is 0 Å². The molecule has 10 atom stereocenters. The van der Waals surface area contributed by atoms with Gasteiger partial charge in [0.1, 0.15) is 6.10 Å². The molecule has 4 N–H and O–H groups in total. The van der Waals surface area contributed by atoms with Crippen molar-refractivity contribution in [3.05, 3.63) is 11.6 Å². The minimum atomic E-state index is -1.23. The molecule has 42 heavy (non-hydrogen) atoms. The van der Waals surface area contributed by atoms with Crippen LogP contribution in [0.4, 0.5) is 0 Å². The molecule has 2 bridgehead atoms. The number of ether oxygens (including phenoxy) is 3. The van der Waals surface area contributed by atoms with Crippen molar-refractivity contribution in [1.29, 1.82) is 0 Å². The van der Waals surface area contributed by atoms with Gasteiger partial charge in [-0.05, 0) is 74.2 Å². The second-order valence-electron chi connectivity index (χ2n) is 14.3. The number of esters is 1. The maximum absolute atomic E-state index is 13.9. The largest absolute Gasteiger partial charge is 0.481 e. The molecule has 4 fully saturated rings. The van der Waals surface area contributed by atoms with E-state index in [2.05, 4.69) is 13.8 Å². The molecule has 0 radical (unpaired) electrons. The Morgan fingerprint density at radius 2 is 1.81 bits per heavy atom. The first-order chi connectivity index (χ1) is 20.0. The molecule has 1 saturated heterocycles. The monoisotopic (exact) mass is 592 g/mol. The fraction of sp³-hybridized carbons (Fsp3) is 0.844. The Bertz CT molecular complexity index is 1060. The molecule has 236 valence electrons. The fourth-order valence-electron chi connectivity index (χ4n) is 9.53. The molecule has 0 aromatic heterocycles. The maximum Gasteiger partial charge on any atom is 0.307 e. The lowest BCUT2D eigenvalue weighted by Gasteiger charge is -2.63. The Morgan fingerprint density at radius 1 is 1.10 bits per heavy atom. The average molecular weight is 593 g/mol. The SMILES string of the molecule is CC(=O)O[C@@H]1C[C@@]23COCC(C2CCC2C3=CC(=O)C3C2CCC(CC(C)C)C3C(=O)O)[C@H]1OCC(CO)(CO)CO. The van der Waals surface area contributed by atoms with E-state index in [0.29, 0.717) is 25.6 Å². The Balaban J connectivity index is 1.48. The van der Waals surface area contributed by atoms with Gasteiger partial charge in [0, 0.05) is 24.2 Å². The first-order valence-electron chi connectivity index (χ1n) is 15.7. The van der Waals surface area contributed by atoms with Crippen molar-refractivity contribution in [2.45, 2.75) is 71.5 Å². The van der Waals surface area contributed by atoms with Crippen LogP contribution in [0.1, 0.15) is 59.3 Å². The lowest BCUT2D eigenvalue weighted by molar-refractivity contribution is -0.233.